The van der Waals surface area contributed by atoms with E-state index in [-0.39, 0.29) is 17.7 Å². The Bertz CT molecular complexity index is 1040. The minimum absolute atomic E-state index is 0.161. The Hall–Kier alpha value is -3.45. The number of carbonyl (C=O) groups excluding carboxylic acids is 3. The van der Waals surface area contributed by atoms with Crippen molar-refractivity contribution in [2.75, 3.05) is 5.32 Å². The molecule has 3 rings (SSSR count). The van der Waals surface area contributed by atoms with Gasteiger partial charge in [-0.25, -0.2) is 4.79 Å². The number of anilines is 1. The molecule has 0 aliphatic carbocycles. The van der Waals surface area contributed by atoms with Gasteiger partial charge in [0, 0.05) is 11.3 Å². The topological polar surface area (TPSA) is 84.5 Å². The molecule has 0 unspecified atom stereocenters. The summed E-state index contributed by atoms with van der Waals surface area (Å²) in [5, 5.41) is 7.38. The van der Waals surface area contributed by atoms with Gasteiger partial charge in [0.25, 0.3) is 11.8 Å². The summed E-state index contributed by atoms with van der Waals surface area (Å²) in [4.78, 5) is 37.9. The second-order valence-electron chi connectivity index (χ2n) is 7.44. The van der Waals surface area contributed by atoms with E-state index in [9.17, 15) is 14.4 Å². The van der Waals surface area contributed by atoms with Crippen LogP contribution in [0.15, 0.2) is 66.0 Å². The van der Waals surface area contributed by atoms with Gasteiger partial charge in [0.2, 0.25) is 0 Å². The van der Waals surface area contributed by atoms with E-state index in [1.54, 1.807) is 42.5 Å². The van der Waals surface area contributed by atoms with Crippen LogP contribution in [0.25, 0.3) is 0 Å². The van der Waals surface area contributed by atoms with E-state index in [1.807, 2.05) is 44.4 Å². The molecule has 0 radical (unpaired) electrons. The second-order valence-corrected chi connectivity index (χ2v) is 8.39. The zero-order valence-corrected chi connectivity index (χ0v) is 18.4. The molecule has 31 heavy (non-hydrogen) atoms. The van der Waals surface area contributed by atoms with Crippen LogP contribution in [0.1, 0.15) is 39.4 Å². The van der Waals surface area contributed by atoms with Crippen molar-refractivity contribution in [3.8, 4) is 5.75 Å². The molecular weight excluding hydrogens is 412 g/mol. The second kappa shape index (κ2) is 10.0. The molecule has 0 aliphatic heterocycles. The van der Waals surface area contributed by atoms with Crippen LogP contribution in [0.2, 0.25) is 0 Å². The first-order valence-corrected chi connectivity index (χ1v) is 10.8. The van der Waals surface area contributed by atoms with Crippen LogP contribution in [0, 0.1) is 12.8 Å². The Kier molecular flexibility index (Phi) is 7.20. The highest BCUT2D eigenvalue weighted by Crippen LogP contribution is 2.19. The molecule has 2 aromatic carbocycles. The maximum Gasteiger partial charge on any atom is 0.334 e. The molecule has 0 fully saturated rings. The highest BCUT2D eigenvalue weighted by Gasteiger charge is 2.26. The van der Waals surface area contributed by atoms with Gasteiger partial charge in [0.05, 0.1) is 4.88 Å². The molecule has 0 saturated heterocycles. The van der Waals surface area contributed by atoms with Gasteiger partial charge >= 0.3 is 5.97 Å². The maximum atomic E-state index is 12.7. The Balaban J connectivity index is 1.61. The van der Waals surface area contributed by atoms with Crippen LogP contribution in [0.3, 0.4) is 0 Å². The van der Waals surface area contributed by atoms with Gasteiger partial charge in [-0.15, -0.1) is 11.3 Å². The van der Waals surface area contributed by atoms with Gasteiger partial charge in [-0.05, 0) is 60.7 Å². The first kappa shape index (κ1) is 22.2. The lowest BCUT2D eigenvalue weighted by atomic mass is 10.0. The molecule has 3 aromatic rings. The van der Waals surface area contributed by atoms with Crippen molar-refractivity contribution < 1.29 is 19.1 Å². The number of benzene rings is 2. The number of hydrogen-bond donors (Lipinski definition) is 2. The summed E-state index contributed by atoms with van der Waals surface area (Å²) in [7, 11) is 0. The molecule has 1 heterocycles. The van der Waals surface area contributed by atoms with E-state index in [1.165, 1.54) is 11.3 Å². The predicted molar refractivity (Wildman–Crippen MR) is 122 cm³/mol. The van der Waals surface area contributed by atoms with Gasteiger partial charge in [-0.1, -0.05) is 37.6 Å². The van der Waals surface area contributed by atoms with Gasteiger partial charge in [0.1, 0.15) is 11.8 Å². The molecular formula is C24H24N2O4S. The average Bonchev–Trinajstić information content (AvgIpc) is 3.28. The smallest absolute Gasteiger partial charge is 0.334 e. The maximum absolute atomic E-state index is 12.7. The lowest BCUT2D eigenvalue weighted by Crippen LogP contribution is -2.46. The lowest BCUT2D eigenvalue weighted by molar-refractivity contribution is -0.137. The quantitative estimate of drug-likeness (QED) is 0.416. The fraction of sp³-hybridized carbons (Fsp3) is 0.208. The number of hydrogen-bond acceptors (Lipinski definition) is 5. The Labute approximate surface area is 185 Å². The lowest BCUT2D eigenvalue weighted by Gasteiger charge is -2.21. The molecule has 1 atom stereocenters. The summed E-state index contributed by atoms with van der Waals surface area (Å²) < 4.78 is 5.46. The molecule has 1 aromatic heterocycles. The number of rotatable bonds is 7. The first-order valence-electron chi connectivity index (χ1n) is 9.87. The van der Waals surface area contributed by atoms with E-state index in [0.717, 1.165) is 5.56 Å². The van der Waals surface area contributed by atoms with Gasteiger partial charge < -0.3 is 15.4 Å². The van der Waals surface area contributed by atoms with E-state index in [2.05, 4.69) is 10.6 Å². The van der Waals surface area contributed by atoms with Crippen LogP contribution < -0.4 is 15.4 Å². The molecule has 0 bridgehead atoms. The number of nitrogens with one attached hydrogen (secondary N) is 2. The molecule has 0 spiro atoms. The van der Waals surface area contributed by atoms with E-state index < -0.39 is 12.0 Å². The van der Waals surface area contributed by atoms with Crippen molar-refractivity contribution in [2.24, 2.45) is 5.92 Å². The molecule has 0 saturated carbocycles. The number of aryl methyl sites for hydroxylation is 1. The molecule has 0 aliphatic rings. The predicted octanol–water partition coefficient (Wildman–Crippen LogP) is 4.67. The Morgan fingerprint density at radius 3 is 2.16 bits per heavy atom. The van der Waals surface area contributed by atoms with Gasteiger partial charge in [-0.3, -0.25) is 9.59 Å². The molecule has 7 heteroatoms. The number of amides is 2. The van der Waals surface area contributed by atoms with Crippen molar-refractivity contribution in [1.82, 2.24) is 5.32 Å². The molecule has 2 N–H and O–H groups in total. The number of esters is 1. The highest BCUT2D eigenvalue weighted by atomic mass is 32.1. The fourth-order valence-electron chi connectivity index (χ4n) is 2.81. The van der Waals surface area contributed by atoms with Crippen molar-refractivity contribution in [1.29, 1.82) is 0 Å². The Morgan fingerprint density at radius 1 is 0.903 bits per heavy atom. The van der Waals surface area contributed by atoms with Crippen molar-refractivity contribution in [2.45, 2.75) is 26.8 Å². The minimum atomic E-state index is -0.799. The van der Waals surface area contributed by atoms with Gasteiger partial charge in [0.15, 0.2) is 0 Å². The van der Waals surface area contributed by atoms with E-state index >= 15 is 0 Å². The number of thiophene rings is 1. The van der Waals surface area contributed by atoms with E-state index in [4.69, 9.17) is 4.74 Å². The van der Waals surface area contributed by atoms with Crippen molar-refractivity contribution in [3.63, 3.8) is 0 Å². The summed E-state index contributed by atoms with van der Waals surface area (Å²) >= 11 is 1.36. The normalized spacial score (nSPS) is 11.6. The first-order chi connectivity index (χ1) is 14.8. The number of ether oxygens (including phenoxy) is 1. The third-order valence-electron chi connectivity index (χ3n) is 4.60. The zero-order chi connectivity index (χ0) is 22.4. The van der Waals surface area contributed by atoms with Crippen LogP contribution in [0.4, 0.5) is 5.69 Å². The fourth-order valence-corrected chi connectivity index (χ4v) is 3.43. The van der Waals surface area contributed by atoms with Crippen molar-refractivity contribution >= 4 is 34.8 Å². The standard InChI is InChI=1S/C24H24N2O4S/c1-15(2)21(26-22(27)17-8-6-16(3)7-9-17)24(29)30-19-12-10-18(11-13-19)25-23(28)20-5-4-14-31-20/h4-15,21H,1-3H3,(H,25,28)(H,26,27)/t21-/m0/s1. The van der Waals surface area contributed by atoms with Crippen LogP contribution in [-0.2, 0) is 4.79 Å². The van der Waals surface area contributed by atoms with Crippen LogP contribution in [-0.4, -0.2) is 23.8 Å². The molecule has 6 nitrogen and oxygen atoms in total. The summed E-state index contributed by atoms with van der Waals surface area (Å²) in [6.07, 6.45) is 0. The Morgan fingerprint density at radius 2 is 1.58 bits per heavy atom. The van der Waals surface area contributed by atoms with Crippen LogP contribution in [0.5, 0.6) is 5.75 Å². The van der Waals surface area contributed by atoms with E-state index in [0.29, 0.717) is 21.9 Å². The summed E-state index contributed by atoms with van der Waals surface area (Å²) in [6, 6.07) is 16.4. The summed E-state index contributed by atoms with van der Waals surface area (Å²) in [5.74, 6) is -0.910. The summed E-state index contributed by atoms with van der Waals surface area (Å²) in [6.45, 7) is 5.62. The SMILES string of the molecule is Cc1ccc(C(=O)N[C@H](C(=O)Oc2ccc(NC(=O)c3cccs3)cc2)C(C)C)cc1. The van der Waals surface area contributed by atoms with Gasteiger partial charge in [-0.2, -0.15) is 0 Å². The third kappa shape index (κ3) is 6.02. The zero-order valence-electron chi connectivity index (χ0n) is 17.5. The monoisotopic (exact) mass is 436 g/mol. The van der Waals surface area contributed by atoms with Crippen molar-refractivity contribution in [3.05, 3.63) is 82.0 Å². The number of carbonyl (C=O) groups is 3. The summed E-state index contributed by atoms with van der Waals surface area (Å²) in [5.41, 5.74) is 2.12. The largest absolute Gasteiger partial charge is 0.425 e. The van der Waals surface area contributed by atoms with Crippen LogP contribution >= 0.6 is 11.3 Å². The average molecular weight is 437 g/mol. The molecule has 160 valence electrons. The third-order valence-corrected chi connectivity index (χ3v) is 5.47. The minimum Gasteiger partial charge on any atom is -0.425 e. The molecule has 2 amide bonds. The highest BCUT2D eigenvalue weighted by molar-refractivity contribution is 7.12.